The molecule has 0 aromatic heterocycles. The first-order valence-electron chi connectivity index (χ1n) is 2.55. The van der Waals surface area contributed by atoms with Crippen molar-refractivity contribution in [3.63, 3.8) is 0 Å². The lowest BCUT2D eigenvalue weighted by Crippen LogP contribution is -2.32. The van der Waals surface area contributed by atoms with Crippen molar-refractivity contribution >= 4 is 0 Å². The van der Waals surface area contributed by atoms with Gasteiger partial charge in [-0.3, -0.25) is 0 Å². The van der Waals surface area contributed by atoms with Crippen LogP contribution >= 0.6 is 0 Å². The van der Waals surface area contributed by atoms with E-state index in [4.69, 9.17) is 15.4 Å². The number of nitrogens with zero attached hydrogens (tertiary/aromatic N) is 1. The molecule has 3 N–H and O–H groups in total. The monoisotopic (exact) mass is 119 g/mol. The minimum absolute atomic E-state index is 0.442. The zero-order chi connectivity index (χ0) is 6.15. The Bertz CT molecular complexity index is 77.4. The Labute approximate surface area is 46.9 Å². The Kier molecular flexibility index (Phi) is 1.48. The third-order valence-electron chi connectivity index (χ3n) is 1.29. The third-order valence-corrected chi connectivity index (χ3v) is 1.29. The van der Waals surface area contributed by atoms with Crippen LogP contribution in [-0.4, -0.2) is 32.9 Å². The summed E-state index contributed by atoms with van der Waals surface area (Å²) in [5, 5.41) is 26.5. The average molecular weight is 119 g/mol. The summed E-state index contributed by atoms with van der Waals surface area (Å²) in [6, 6.07) is 0. The number of aliphatic hydroxyl groups is 2. The van der Waals surface area contributed by atoms with Gasteiger partial charge < -0.3 is 15.4 Å². The Morgan fingerprint density at radius 3 is 1.62 bits per heavy atom. The van der Waals surface area contributed by atoms with E-state index in [1.165, 1.54) is 0 Å². The van der Waals surface area contributed by atoms with Crippen LogP contribution in [0, 0.1) is 0 Å². The van der Waals surface area contributed by atoms with Crippen LogP contribution in [0.2, 0.25) is 0 Å². The fourth-order valence-corrected chi connectivity index (χ4v) is 0.761. The summed E-state index contributed by atoms with van der Waals surface area (Å²) < 4.78 is 0. The summed E-state index contributed by atoms with van der Waals surface area (Å²) in [6.07, 6.45) is -0.856. The second-order valence-corrected chi connectivity index (χ2v) is 1.92. The van der Waals surface area contributed by atoms with Gasteiger partial charge in [-0.2, -0.15) is 0 Å². The minimum atomic E-state index is -0.870. The van der Waals surface area contributed by atoms with Crippen LogP contribution in [0.25, 0.3) is 0 Å². The van der Waals surface area contributed by atoms with E-state index < -0.39 is 12.5 Å². The van der Waals surface area contributed by atoms with Crippen LogP contribution in [0.15, 0.2) is 0 Å². The van der Waals surface area contributed by atoms with E-state index in [-0.39, 0.29) is 0 Å². The van der Waals surface area contributed by atoms with Crippen LogP contribution in [-0.2, 0) is 0 Å². The van der Waals surface area contributed by atoms with Gasteiger partial charge >= 0.3 is 0 Å². The maximum Gasteiger partial charge on any atom is 0.132 e. The highest BCUT2D eigenvalue weighted by molar-refractivity contribution is 4.65. The van der Waals surface area contributed by atoms with E-state index in [0.717, 1.165) is 0 Å². The van der Waals surface area contributed by atoms with Crippen molar-refractivity contribution in [3.05, 3.63) is 0 Å². The molecule has 8 heavy (non-hydrogen) atoms. The molecule has 1 fully saturated rings. The smallest absolute Gasteiger partial charge is 0.132 e. The Balaban J connectivity index is 2.44. The van der Waals surface area contributed by atoms with Gasteiger partial charge in [0.05, 0.1) is 0 Å². The fraction of sp³-hybridized carbons (Fsp3) is 1.00. The molecule has 0 aromatic rings. The number of hydrogen-bond donors (Lipinski definition) is 3. The van der Waals surface area contributed by atoms with Crippen molar-refractivity contribution in [2.45, 2.75) is 25.3 Å². The molecule has 1 aliphatic rings. The van der Waals surface area contributed by atoms with Gasteiger partial charge in [-0.1, -0.05) is 0 Å². The molecule has 0 bridgehead atoms. The number of hydroxylamine groups is 2. The van der Waals surface area contributed by atoms with E-state index in [1.54, 1.807) is 0 Å². The molecule has 48 valence electrons. The molecule has 0 saturated carbocycles. The van der Waals surface area contributed by atoms with Gasteiger partial charge in [-0.15, -0.1) is 5.06 Å². The van der Waals surface area contributed by atoms with Crippen LogP contribution < -0.4 is 0 Å². The van der Waals surface area contributed by atoms with E-state index >= 15 is 0 Å². The van der Waals surface area contributed by atoms with Gasteiger partial charge in [0.2, 0.25) is 0 Å². The molecule has 1 saturated heterocycles. The third kappa shape index (κ3) is 0.830. The lowest BCUT2D eigenvalue weighted by Gasteiger charge is -2.13. The average Bonchev–Trinajstić information content (AvgIpc) is 1.98. The molecule has 0 spiro atoms. The van der Waals surface area contributed by atoms with Gasteiger partial charge in [-0.25, -0.2) is 0 Å². The van der Waals surface area contributed by atoms with Crippen molar-refractivity contribution in [1.29, 1.82) is 0 Å². The second kappa shape index (κ2) is 1.99. The van der Waals surface area contributed by atoms with Crippen molar-refractivity contribution < 1.29 is 15.4 Å². The lowest BCUT2D eigenvalue weighted by atomic mass is 10.3. The highest BCUT2D eigenvalue weighted by atomic mass is 16.6. The van der Waals surface area contributed by atoms with E-state index in [2.05, 4.69) is 0 Å². The first-order chi connectivity index (χ1) is 3.72. The summed E-state index contributed by atoms with van der Waals surface area (Å²) in [4.78, 5) is 0. The van der Waals surface area contributed by atoms with Crippen molar-refractivity contribution in [3.8, 4) is 0 Å². The second-order valence-electron chi connectivity index (χ2n) is 1.92. The summed E-state index contributed by atoms with van der Waals surface area (Å²) in [5.74, 6) is 0. The van der Waals surface area contributed by atoms with Gasteiger partial charge in [0.25, 0.3) is 0 Å². The molecule has 0 radical (unpaired) electrons. The SMILES string of the molecule is OC1CC[C@@H](O)N1O. The standard InChI is InChI=1S/C4H9NO3/c6-3-1-2-4(7)5(3)8/h3-4,6-8H,1-2H2/t3-,4?/m1/s1. The van der Waals surface area contributed by atoms with E-state index in [0.29, 0.717) is 17.9 Å². The molecule has 1 aliphatic heterocycles. The van der Waals surface area contributed by atoms with Crippen LogP contribution in [0.5, 0.6) is 0 Å². The van der Waals surface area contributed by atoms with Crippen LogP contribution in [0.3, 0.4) is 0 Å². The Hall–Kier alpha value is -0.160. The maximum atomic E-state index is 8.68. The predicted molar refractivity (Wildman–Crippen MR) is 24.9 cm³/mol. The largest absolute Gasteiger partial charge is 0.376 e. The molecule has 0 amide bonds. The highest BCUT2D eigenvalue weighted by Crippen LogP contribution is 2.16. The van der Waals surface area contributed by atoms with E-state index in [1.807, 2.05) is 0 Å². The molecule has 4 heteroatoms. The molecule has 2 atom stereocenters. The molecule has 1 rings (SSSR count). The quantitative estimate of drug-likeness (QED) is 0.387. The minimum Gasteiger partial charge on any atom is -0.376 e. The fourth-order valence-electron chi connectivity index (χ4n) is 0.761. The molecule has 1 unspecified atom stereocenters. The van der Waals surface area contributed by atoms with Crippen LogP contribution in [0.1, 0.15) is 12.8 Å². The number of aliphatic hydroxyl groups excluding tert-OH is 2. The molecule has 1 heterocycles. The van der Waals surface area contributed by atoms with Crippen molar-refractivity contribution in [1.82, 2.24) is 5.06 Å². The van der Waals surface area contributed by atoms with Gasteiger partial charge in [-0.05, 0) is 12.8 Å². The predicted octanol–water partition coefficient (Wildman–Crippen LogP) is -0.892. The topological polar surface area (TPSA) is 63.9 Å². The molecular formula is C4H9NO3. The van der Waals surface area contributed by atoms with Crippen LogP contribution in [0.4, 0.5) is 0 Å². The van der Waals surface area contributed by atoms with Gasteiger partial charge in [0.1, 0.15) is 12.5 Å². The van der Waals surface area contributed by atoms with Gasteiger partial charge in [0, 0.05) is 0 Å². The Morgan fingerprint density at radius 2 is 1.50 bits per heavy atom. The van der Waals surface area contributed by atoms with Crippen molar-refractivity contribution in [2.24, 2.45) is 0 Å². The summed E-state index contributed by atoms with van der Waals surface area (Å²) in [6.45, 7) is 0. The Morgan fingerprint density at radius 1 is 1.12 bits per heavy atom. The zero-order valence-electron chi connectivity index (χ0n) is 4.36. The number of hydrogen-bond acceptors (Lipinski definition) is 4. The van der Waals surface area contributed by atoms with Crippen molar-refractivity contribution in [2.75, 3.05) is 0 Å². The zero-order valence-corrected chi connectivity index (χ0v) is 4.36. The molecular weight excluding hydrogens is 110 g/mol. The summed E-state index contributed by atoms with van der Waals surface area (Å²) in [5.41, 5.74) is 0. The lowest BCUT2D eigenvalue weighted by molar-refractivity contribution is -0.238. The summed E-state index contributed by atoms with van der Waals surface area (Å²) >= 11 is 0. The summed E-state index contributed by atoms with van der Waals surface area (Å²) in [7, 11) is 0. The highest BCUT2D eigenvalue weighted by Gasteiger charge is 2.28. The molecule has 4 nitrogen and oxygen atoms in total. The van der Waals surface area contributed by atoms with E-state index in [9.17, 15) is 0 Å². The normalized spacial score (nSPS) is 40.9. The number of rotatable bonds is 0. The maximum absolute atomic E-state index is 8.68. The first kappa shape index (κ1) is 5.97. The van der Waals surface area contributed by atoms with Gasteiger partial charge in [0.15, 0.2) is 0 Å². The first-order valence-corrected chi connectivity index (χ1v) is 2.55. The molecule has 0 aromatic carbocycles. The molecule has 0 aliphatic carbocycles.